The molecular formula is C27H26N2O6S. The lowest BCUT2D eigenvalue weighted by atomic mass is 10.1. The second-order valence-electron chi connectivity index (χ2n) is 8.27. The fourth-order valence-electron chi connectivity index (χ4n) is 3.87. The molecule has 4 rings (SSSR count). The van der Waals surface area contributed by atoms with Gasteiger partial charge >= 0.3 is 12.1 Å². The van der Waals surface area contributed by atoms with Crippen LogP contribution in [0.15, 0.2) is 90.0 Å². The van der Waals surface area contributed by atoms with Gasteiger partial charge in [-0.05, 0) is 36.2 Å². The topological polar surface area (TPSA) is 104 Å². The minimum Gasteiger partial charge on any atom is -0.467 e. The molecule has 36 heavy (non-hydrogen) atoms. The van der Waals surface area contributed by atoms with Crippen molar-refractivity contribution in [1.82, 2.24) is 9.29 Å². The van der Waals surface area contributed by atoms with Crippen molar-refractivity contribution >= 4 is 33.0 Å². The predicted molar refractivity (Wildman–Crippen MR) is 135 cm³/mol. The Balaban J connectivity index is 1.61. The third-order valence-electron chi connectivity index (χ3n) is 5.75. The normalized spacial score (nSPS) is 12.2. The van der Waals surface area contributed by atoms with Crippen LogP contribution in [0.1, 0.15) is 16.7 Å². The molecule has 1 amide bonds. The Morgan fingerprint density at radius 3 is 2.31 bits per heavy atom. The zero-order valence-corrected chi connectivity index (χ0v) is 20.7. The fourth-order valence-corrected chi connectivity index (χ4v) is 5.26. The molecular weight excluding hydrogens is 480 g/mol. The number of aromatic nitrogens is 1. The van der Waals surface area contributed by atoms with E-state index in [0.29, 0.717) is 16.5 Å². The average molecular weight is 507 g/mol. The lowest BCUT2D eigenvalue weighted by Gasteiger charge is -2.16. The van der Waals surface area contributed by atoms with Gasteiger partial charge in [0.05, 0.1) is 17.5 Å². The summed E-state index contributed by atoms with van der Waals surface area (Å²) in [6, 6.07) is 21.6. The molecule has 0 aliphatic heterocycles. The summed E-state index contributed by atoms with van der Waals surface area (Å²) in [7, 11) is -2.68. The number of nitrogens with one attached hydrogen (secondary N) is 1. The van der Waals surface area contributed by atoms with E-state index in [2.05, 4.69) is 5.32 Å². The zero-order valence-electron chi connectivity index (χ0n) is 19.9. The highest BCUT2D eigenvalue weighted by atomic mass is 32.2. The minimum absolute atomic E-state index is 0.00401. The smallest absolute Gasteiger partial charge is 0.408 e. The van der Waals surface area contributed by atoms with Gasteiger partial charge in [0.15, 0.2) is 0 Å². The van der Waals surface area contributed by atoms with Crippen LogP contribution < -0.4 is 5.32 Å². The number of nitrogens with zero attached hydrogens (tertiary/aromatic N) is 1. The van der Waals surface area contributed by atoms with E-state index < -0.39 is 28.1 Å². The third-order valence-corrected chi connectivity index (χ3v) is 7.44. The van der Waals surface area contributed by atoms with Crippen LogP contribution in [0.4, 0.5) is 4.79 Å². The number of hydrogen-bond donors (Lipinski definition) is 1. The number of esters is 1. The highest BCUT2D eigenvalue weighted by molar-refractivity contribution is 7.90. The van der Waals surface area contributed by atoms with Gasteiger partial charge in [-0.1, -0.05) is 66.2 Å². The van der Waals surface area contributed by atoms with Gasteiger partial charge in [-0.2, -0.15) is 0 Å². The largest absolute Gasteiger partial charge is 0.467 e. The van der Waals surface area contributed by atoms with E-state index in [1.807, 2.05) is 37.3 Å². The molecule has 1 heterocycles. The lowest BCUT2D eigenvalue weighted by Crippen LogP contribution is -2.43. The highest BCUT2D eigenvalue weighted by Gasteiger charge is 2.27. The minimum atomic E-state index is -3.90. The van der Waals surface area contributed by atoms with Crippen molar-refractivity contribution < 1.29 is 27.5 Å². The molecule has 1 aromatic heterocycles. The molecule has 0 aliphatic carbocycles. The third kappa shape index (κ3) is 5.41. The molecule has 1 N–H and O–H groups in total. The van der Waals surface area contributed by atoms with Crippen molar-refractivity contribution in [3.05, 3.63) is 102 Å². The molecule has 4 aromatic rings. The van der Waals surface area contributed by atoms with Crippen molar-refractivity contribution in [2.45, 2.75) is 30.9 Å². The van der Waals surface area contributed by atoms with Gasteiger partial charge in [-0.3, -0.25) is 0 Å². The van der Waals surface area contributed by atoms with Crippen LogP contribution in [0.2, 0.25) is 0 Å². The number of ether oxygens (including phenoxy) is 2. The molecule has 0 radical (unpaired) electrons. The fraction of sp³-hybridized carbons (Fsp3) is 0.185. The number of carbonyl (C=O) groups excluding carboxylic acids is 2. The van der Waals surface area contributed by atoms with Crippen LogP contribution in [-0.4, -0.2) is 37.6 Å². The molecule has 0 unspecified atom stereocenters. The molecule has 0 aliphatic rings. The van der Waals surface area contributed by atoms with E-state index in [0.717, 1.165) is 11.1 Å². The number of alkyl carbamates (subject to hydrolysis) is 1. The van der Waals surface area contributed by atoms with Gasteiger partial charge in [0.2, 0.25) is 0 Å². The van der Waals surface area contributed by atoms with Crippen LogP contribution in [0.25, 0.3) is 10.9 Å². The monoisotopic (exact) mass is 506 g/mol. The quantitative estimate of drug-likeness (QED) is 0.359. The average Bonchev–Trinajstić information content (AvgIpc) is 3.27. The standard InChI is InChI=1S/C27H26N2O6S/c1-19-12-14-22(15-13-19)36(32,33)29-17-21(23-10-6-7-11-25(23)29)16-24(26(30)34-2)28-27(31)35-18-20-8-4-3-5-9-20/h3-15,17,24H,16,18H2,1-2H3,(H,28,31)/t24-/m0/s1. The van der Waals surface area contributed by atoms with Gasteiger partial charge in [0.25, 0.3) is 10.0 Å². The maximum absolute atomic E-state index is 13.4. The number of methoxy groups -OCH3 is 1. The van der Waals surface area contributed by atoms with Gasteiger partial charge in [0, 0.05) is 18.0 Å². The van der Waals surface area contributed by atoms with E-state index in [-0.39, 0.29) is 17.9 Å². The molecule has 0 fully saturated rings. The number of aryl methyl sites for hydroxylation is 1. The molecule has 1 atom stereocenters. The van der Waals surface area contributed by atoms with Crippen molar-refractivity contribution in [1.29, 1.82) is 0 Å². The van der Waals surface area contributed by atoms with Gasteiger partial charge < -0.3 is 14.8 Å². The Labute approximate surface area is 209 Å². The van der Waals surface area contributed by atoms with E-state index in [1.165, 1.54) is 17.3 Å². The Morgan fingerprint density at radius 1 is 0.944 bits per heavy atom. The second-order valence-corrected chi connectivity index (χ2v) is 10.1. The molecule has 0 spiro atoms. The van der Waals surface area contributed by atoms with Gasteiger partial charge in [-0.15, -0.1) is 0 Å². The van der Waals surface area contributed by atoms with E-state index in [4.69, 9.17) is 9.47 Å². The number of benzene rings is 3. The highest BCUT2D eigenvalue weighted by Crippen LogP contribution is 2.27. The Hall–Kier alpha value is -4.11. The summed E-state index contributed by atoms with van der Waals surface area (Å²) in [5.41, 5.74) is 2.76. The van der Waals surface area contributed by atoms with Crippen molar-refractivity contribution in [2.75, 3.05) is 7.11 Å². The molecule has 0 saturated carbocycles. The zero-order chi connectivity index (χ0) is 25.7. The summed E-state index contributed by atoms with van der Waals surface area (Å²) < 4.78 is 38.2. The van der Waals surface area contributed by atoms with Crippen LogP contribution in [-0.2, 0) is 37.3 Å². The second kappa shape index (κ2) is 10.7. The number of hydrogen-bond acceptors (Lipinski definition) is 6. The first-order chi connectivity index (χ1) is 17.3. The van der Waals surface area contributed by atoms with E-state index in [9.17, 15) is 18.0 Å². The lowest BCUT2D eigenvalue weighted by molar-refractivity contribution is -0.143. The molecule has 0 bridgehead atoms. The number of carbonyl (C=O) groups is 2. The Bertz CT molecular complexity index is 1480. The van der Waals surface area contributed by atoms with Crippen LogP contribution in [0.3, 0.4) is 0 Å². The molecule has 186 valence electrons. The van der Waals surface area contributed by atoms with E-state index in [1.54, 1.807) is 48.5 Å². The van der Waals surface area contributed by atoms with E-state index >= 15 is 0 Å². The van der Waals surface area contributed by atoms with Crippen LogP contribution in [0, 0.1) is 6.92 Å². The summed E-state index contributed by atoms with van der Waals surface area (Å²) in [5, 5.41) is 3.18. The van der Waals surface area contributed by atoms with Gasteiger partial charge in [0.1, 0.15) is 12.6 Å². The number of para-hydroxylation sites is 1. The van der Waals surface area contributed by atoms with Crippen molar-refractivity contribution in [3.63, 3.8) is 0 Å². The van der Waals surface area contributed by atoms with Crippen LogP contribution >= 0.6 is 0 Å². The number of rotatable bonds is 8. The molecule has 3 aromatic carbocycles. The van der Waals surface area contributed by atoms with Gasteiger partial charge in [-0.25, -0.2) is 22.0 Å². The summed E-state index contributed by atoms with van der Waals surface area (Å²) >= 11 is 0. The molecule has 0 saturated heterocycles. The molecule has 9 heteroatoms. The Kier molecular flexibility index (Phi) is 7.40. The first-order valence-electron chi connectivity index (χ1n) is 11.3. The maximum Gasteiger partial charge on any atom is 0.408 e. The van der Waals surface area contributed by atoms with Crippen LogP contribution in [0.5, 0.6) is 0 Å². The first kappa shape index (κ1) is 25.0. The summed E-state index contributed by atoms with van der Waals surface area (Å²) in [4.78, 5) is 25.1. The Morgan fingerprint density at radius 2 is 1.61 bits per heavy atom. The maximum atomic E-state index is 13.4. The van der Waals surface area contributed by atoms with Crippen molar-refractivity contribution in [2.24, 2.45) is 0 Å². The number of amides is 1. The predicted octanol–water partition coefficient (Wildman–Crippen LogP) is 4.20. The summed E-state index contributed by atoms with van der Waals surface area (Å²) in [5.74, 6) is -0.676. The summed E-state index contributed by atoms with van der Waals surface area (Å²) in [6.45, 7) is 1.92. The number of fused-ring (bicyclic) bond motifs is 1. The first-order valence-corrected chi connectivity index (χ1v) is 12.7. The molecule has 8 nitrogen and oxygen atoms in total. The van der Waals surface area contributed by atoms with Crippen molar-refractivity contribution in [3.8, 4) is 0 Å². The summed E-state index contributed by atoms with van der Waals surface area (Å²) in [6.07, 6.45) is 0.696. The SMILES string of the molecule is COC(=O)[C@H](Cc1cn(S(=O)(=O)c2ccc(C)cc2)c2ccccc12)NC(=O)OCc1ccccc1.